The molecule has 2 aromatic rings. The Kier molecular flexibility index (Phi) is 6.16. The van der Waals surface area contributed by atoms with E-state index in [1.807, 2.05) is 31.2 Å². The Morgan fingerprint density at radius 3 is 2.28 bits per heavy atom. The van der Waals surface area contributed by atoms with E-state index in [0.29, 0.717) is 24.2 Å². The van der Waals surface area contributed by atoms with Crippen LogP contribution in [0.4, 0.5) is 11.4 Å². The molecule has 0 radical (unpaired) electrons. The van der Waals surface area contributed by atoms with Gasteiger partial charge in [-0.25, -0.2) is 4.79 Å². The molecule has 1 fully saturated rings. The van der Waals surface area contributed by atoms with Crippen molar-refractivity contribution in [1.82, 2.24) is 0 Å². The Labute approximate surface area is 186 Å². The maximum Gasteiger partial charge on any atom is 0.338 e. The minimum absolute atomic E-state index is 0.163. The van der Waals surface area contributed by atoms with Crippen LogP contribution in [0.15, 0.2) is 60.7 Å². The van der Waals surface area contributed by atoms with Crippen molar-refractivity contribution in [1.29, 1.82) is 0 Å². The molecule has 0 unspecified atom stereocenters. The first-order valence-electron chi connectivity index (χ1n) is 10.7. The summed E-state index contributed by atoms with van der Waals surface area (Å²) in [6, 6.07) is 13.6. The van der Waals surface area contributed by atoms with Gasteiger partial charge < -0.3 is 10.1 Å². The molecule has 7 nitrogen and oxygen atoms in total. The number of aryl methyl sites for hydroxylation is 1. The highest BCUT2D eigenvalue weighted by Gasteiger charge is 2.47. The number of fused-ring (bicyclic) bond motifs is 1. The third-order valence-electron chi connectivity index (χ3n) is 5.83. The Bertz CT molecular complexity index is 1060. The number of imide groups is 1. The van der Waals surface area contributed by atoms with Crippen LogP contribution in [-0.2, 0) is 25.5 Å². The van der Waals surface area contributed by atoms with Crippen molar-refractivity contribution in [3.8, 4) is 0 Å². The second kappa shape index (κ2) is 9.18. The van der Waals surface area contributed by atoms with Crippen molar-refractivity contribution in [3.63, 3.8) is 0 Å². The van der Waals surface area contributed by atoms with Crippen LogP contribution in [0, 0.1) is 11.8 Å². The van der Waals surface area contributed by atoms with Gasteiger partial charge in [0.05, 0.1) is 23.1 Å². The van der Waals surface area contributed by atoms with Gasteiger partial charge in [0.25, 0.3) is 5.91 Å². The molecule has 32 heavy (non-hydrogen) atoms. The number of carbonyl (C=O) groups is 4. The van der Waals surface area contributed by atoms with Gasteiger partial charge in [-0.3, -0.25) is 19.3 Å². The zero-order valence-corrected chi connectivity index (χ0v) is 17.7. The molecule has 0 spiro atoms. The van der Waals surface area contributed by atoms with Gasteiger partial charge in [0.2, 0.25) is 11.8 Å². The van der Waals surface area contributed by atoms with Crippen molar-refractivity contribution >= 4 is 35.1 Å². The molecule has 4 rings (SSSR count). The quantitative estimate of drug-likeness (QED) is 0.428. The maximum absolute atomic E-state index is 12.8. The third-order valence-corrected chi connectivity index (χ3v) is 5.83. The second-order valence-electron chi connectivity index (χ2n) is 7.89. The molecule has 3 amide bonds. The molecule has 1 aliphatic heterocycles. The smallest absolute Gasteiger partial charge is 0.338 e. The van der Waals surface area contributed by atoms with Gasteiger partial charge in [-0.15, -0.1) is 0 Å². The number of nitrogens with zero attached hydrogens (tertiary/aromatic N) is 1. The van der Waals surface area contributed by atoms with E-state index in [4.69, 9.17) is 4.74 Å². The van der Waals surface area contributed by atoms with Gasteiger partial charge in [-0.1, -0.05) is 37.3 Å². The van der Waals surface area contributed by atoms with Crippen LogP contribution in [-0.4, -0.2) is 30.3 Å². The molecule has 2 atom stereocenters. The summed E-state index contributed by atoms with van der Waals surface area (Å²) in [4.78, 5) is 51.3. The SMILES string of the molecule is CCc1ccc(NC(=O)COC(=O)c2cccc(N3C(=O)[C@@H]4CC=CC[C@H]4C3=O)c2)cc1. The van der Waals surface area contributed by atoms with Crippen LogP contribution in [0.5, 0.6) is 0 Å². The fourth-order valence-corrected chi connectivity index (χ4v) is 4.06. The highest BCUT2D eigenvalue weighted by Crippen LogP contribution is 2.37. The predicted molar refractivity (Wildman–Crippen MR) is 119 cm³/mol. The molecular formula is C25H24N2O5. The fraction of sp³-hybridized carbons (Fsp3) is 0.280. The first kappa shape index (κ1) is 21.5. The van der Waals surface area contributed by atoms with Crippen LogP contribution in [0.1, 0.15) is 35.7 Å². The number of amides is 3. The number of anilines is 2. The van der Waals surface area contributed by atoms with Crippen LogP contribution >= 0.6 is 0 Å². The Hall–Kier alpha value is -3.74. The van der Waals surface area contributed by atoms with E-state index in [2.05, 4.69) is 5.32 Å². The normalized spacial score (nSPS) is 19.6. The zero-order valence-electron chi connectivity index (χ0n) is 17.7. The van der Waals surface area contributed by atoms with Gasteiger partial charge >= 0.3 is 5.97 Å². The highest BCUT2D eigenvalue weighted by atomic mass is 16.5. The number of hydrogen-bond donors (Lipinski definition) is 1. The topological polar surface area (TPSA) is 92.8 Å². The van der Waals surface area contributed by atoms with E-state index in [0.717, 1.165) is 16.9 Å². The van der Waals surface area contributed by atoms with E-state index in [1.165, 1.54) is 12.1 Å². The summed E-state index contributed by atoms with van der Waals surface area (Å²) in [6.07, 6.45) is 5.84. The molecule has 1 aliphatic carbocycles. The first-order valence-corrected chi connectivity index (χ1v) is 10.7. The van der Waals surface area contributed by atoms with Crippen LogP contribution in [0.3, 0.4) is 0 Å². The monoisotopic (exact) mass is 432 g/mol. The summed E-state index contributed by atoms with van der Waals surface area (Å²) in [6.45, 7) is 1.60. The molecule has 7 heteroatoms. The molecule has 0 saturated carbocycles. The Balaban J connectivity index is 1.38. The van der Waals surface area contributed by atoms with Crippen LogP contribution < -0.4 is 10.2 Å². The fourth-order valence-electron chi connectivity index (χ4n) is 4.06. The second-order valence-corrected chi connectivity index (χ2v) is 7.89. The maximum atomic E-state index is 12.8. The number of rotatable bonds is 6. The van der Waals surface area contributed by atoms with Gasteiger partial charge in [0.15, 0.2) is 6.61 Å². The van der Waals surface area contributed by atoms with Crippen LogP contribution in [0.25, 0.3) is 0 Å². The summed E-state index contributed by atoms with van der Waals surface area (Å²) in [5, 5.41) is 2.68. The lowest BCUT2D eigenvalue weighted by Gasteiger charge is -2.15. The Morgan fingerprint density at radius 2 is 1.66 bits per heavy atom. The summed E-state index contributed by atoms with van der Waals surface area (Å²) in [7, 11) is 0. The van der Waals surface area contributed by atoms with E-state index < -0.39 is 18.5 Å². The highest BCUT2D eigenvalue weighted by molar-refractivity contribution is 6.22. The van der Waals surface area contributed by atoms with Crippen molar-refractivity contribution in [2.45, 2.75) is 26.2 Å². The Morgan fingerprint density at radius 1 is 1.00 bits per heavy atom. The number of carbonyl (C=O) groups excluding carboxylic acids is 4. The molecule has 0 bridgehead atoms. The van der Waals surface area contributed by atoms with E-state index in [1.54, 1.807) is 24.3 Å². The minimum atomic E-state index is -0.707. The van der Waals surface area contributed by atoms with Gasteiger partial charge in [-0.2, -0.15) is 0 Å². The standard InChI is InChI=1S/C25H24N2O5/c1-2-16-10-12-18(13-11-16)26-22(28)15-32-25(31)17-6-5-7-19(14-17)27-23(29)20-8-3-4-9-21(20)24(27)30/h3-7,10-14,20-21H,2,8-9,15H2,1H3,(H,26,28)/t20-,21-/m1/s1. The van der Waals surface area contributed by atoms with Gasteiger partial charge in [0.1, 0.15) is 0 Å². The number of benzene rings is 2. The molecule has 1 heterocycles. The van der Waals surface area contributed by atoms with E-state index in [9.17, 15) is 19.2 Å². The molecule has 1 N–H and O–H groups in total. The number of nitrogens with one attached hydrogen (secondary N) is 1. The van der Waals surface area contributed by atoms with Gasteiger partial charge in [-0.05, 0) is 55.2 Å². The first-order chi connectivity index (χ1) is 15.5. The summed E-state index contributed by atoms with van der Waals surface area (Å²) in [5.74, 6) is -2.36. The average Bonchev–Trinajstić information content (AvgIpc) is 3.08. The lowest BCUT2D eigenvalue weighted by Crippen LogP contribution is -2.31. The number of allylic oxidation sites excluding steroid dienone is 2. The third kappa shape index (κ3) is 4.32. The van der Waals surface area contributed by atoms with E-state index in [-0.39, 0.29) is 29.2 Å². The number of esters is 1. The molecular weight excluding hydrogens is 408 g/mol. The van der Waals surface area contributed by atoms with Gasteiger partial charge in [0, 0.05) is 5.69 Å². The van der Waals surface area contributed by atoms with Crippen molar-refractivity contribution in [2.24, 2.45) is 11.8 Å². The molecule has 2 aliphatic rings. The lowest BCUT2D eigenvalue weighted by molar-refractivity contribution is -0.122. The number of hydrogen-bond acceptors (Lipinski definition) is 5. The molecule has 164 valence electrons. The molecule has 2 aromatic carbocycles. The van der Waals surface area contributed by atoms with Crippen molar-refractivity contribution in [2.75, 3.05) is 16.8 Å². The number of ether oxygens (including phenoxy) is 1. The summed E-state index contributed by atoms with van der Waals surface area (Å²) in [5.41, 5.74) is 2.27. The average molecular weight is 432 g/mol. The largest absolute Gasteiger partial charge is 0.452 e. The van der Waals surface area contributed by atoms with Crippen molar-refractivity contribution in [3.05, 3.63) is 71.8 Å². The van der Waals surface area contributed by atoms with E-state index >= 15 is 0 Å². The summed E-state index contributed by atoms with van der Waals surface area (Å²) >= 11 is 0. The van der Waals surface area contributed by atoms with Crippen molar-refractivity contribution < 1.29 is 23.9 Å². The lowest BCUT2D eigenvalue weighted by atomic mass is 9.85. The molecule has 0 aromatic heterocycles. The predicted octanol–water partition coefficient (Wildman–Crippen LogP) is 3.50. The zero-order chi connectivity index (χ0) is 22.7. The summed E-state index contributed by atoms with van der Waals surface area (Å²) < 4.78 is 5.12. The van der Waals surface area contributed by atoms with Crippen LogP contribution in [0.2, 0.25) is 0 Å². The minimum Gasteiger partial charge on any atom is -0.452 e. The molecule has 1 saturated heterocycles.